The average Bonchev–Trinajstić information content (AvgIpc) is 2.60. The number of hydrogen-bond acceptors (Lipinski definition) is 4. The summed E-state index contributed by atoms with van der Waals surface area (Å²) in [6.45, 7) is 0. The number of allylic oxidation sites excluding steroid dienone is 1. The monoisotopic (exact) mass is 287 g/mol. The van der Waals surface area contributed by atoms with Crippen molar-refractivity contribution in [2.75, 3.05) is 5.32 Å². The molecule has 0 saturated carbocycles. The molecule has 0 fully saturated rings. The Hall–Kier alpha value is -1.37. The van der Waals surface area contributed by atoms with Crippen molar-refractivity contribution in [2.24, 2.45) is 0 Å². The van der Waals surface area contributed by atoms with Crippen molar-refractivity contribution < 1.29 is 17.8 Å². The highest BCUT2D eigenvalue weighted by Crippen LogP contribution is 2.23. The Labute approximate surface area is 109 Å². The molecule has 0 heterocycles. The van der Waals surface area contributed by atoms with Gasteiger partial charge in [0.05, 0.1) is 5.70 Å². The molecule has 0 radical (unpaired) electrons. The Kier molecular flexibility index (Phi) is 3.43. The summed E-state index contributed by atoms with van der Waals surface area (Å²) in [5, 5.41) is 2.11. The van der Waals surface area contributed by atoms with E-state index in [-0.39, 0.29) is 17.9 Å². The summed E-state index contributed by atoms with van der Waals surface area (Å²) in [7, 11) is -4.23. The zero-order chi connectivity index (χ0) is 13.3. The molecule has 2 rings (SSSR count). The number of benzene rings is 1. The maximum absolute atomic E-state index is 11.6. The highest BCUT2D eigenvalue weighted by molar-refractivity contribution is 7.86. The lowest BCUT2D eigenvalue weighted by atomic mass is 10.3. The van der Waals surface area contributed by atoms with Crippen LogP contribution >= 0.6 is 11.6 Å². The van der Waals surface area contributed by atoms with Crippen molar-refractivity contribution in [3.63, 3.8) is 0 Å². The average molecular weight is 288 g/mol. The van der Waals surface area contributed by atoms with Crippen LogP contribution in [0.2, 0.25) is 5.02 Å². The number of carbonyl (C=O) groups is 1. The lowest BCUT2D eigenvalue weighted by Crippen LogP contribution is -2.16. The quantitative estimate of drug-likeness (QED) is 0.829. The van der Waals surface area contributed by atoms with Crippen LogP contribution in [0.25, 0.3) is 0 Å². The standard InChI is InChI=1S/C11H10ClNO4S/c12-7-2-1-3-8(4-7)13-10-5-9(6-11(10)14)18(15,16)17/h1-5,9,13H,6H2,(H,15,16,17)/t9-/m0/s1. The van der Waals surface area contributed by atoms with Gasteiger partial charge in [-0.1, -0.05) is 17.7 Å². The van der Waals surface area contributed by atoms with Gasteiger partial charge in [0.2, 0.25) is 0 Å². The van der Waals surface area contributed by atoms with Crippen molar-refractivity contribution >= 4 is 33.2 Å². The van der Waals surface area contributed by atoms with E-state index in [1.54, 1.807) is 24.3 Å². The minimum atomic E-state index is -4.23. The second-order valence-corrected chi connectivity index (χ2v) is 5.97. The molecule has 0 aromatic heterocycles. The van der Waals surface area contributed by atoms with Crippen molar-refractivity contribution in [3.05, 3.63) is 41.1 Å². The molecule has 5 nitrogen and oxygen atoms in total. The number of anilines is 1. The number of rotatable bonds is 3. The summed E-state index contributed by atoms with van der Waals surface area (Å²) in [5.41, 5.74) is 0.734. The smallest absolute Gasteiger partial charge is 0.271 e. The van der Waals surface area contributed by atoms with Crippen LogP contribution < -0.4 is 5.32 Å². The van der Waals surface area contributed by atoms with Gasteiger partial charge in [0.25, 0.3) is 10.1 Å². The Morgan fingerprint density at radius 3 is 2.67 bits per heavy atom. The molecule has 1 aliphatic rings. The number of carbonyl (C=O) groups excluding carboxylic acids is 1. The van der Waals surface area contributed by atoms with Gasteiger partial charge < -0.3 is 5.32 Å². The topological polar surface area (TPSA) is 83.5 Å². The summed E-state index contributed by atoms with van der Waals surface area (Å²) in [6.07, 6.45) is 0.959. The fourth-order valence-electron chi connectivity index (χ4n) is 1.65. The van der Waals surface area contributed by atoms with E-state index in [1.807, 2.05) is 0 Å². The summed E-state index contributed by atoms with van der Waals surface area (Å²) < 4.78 is 30.8. The molecule has 0 bridgehead atoms. The van der Waals surface area contributed by atoms with E-state index in [4.69, 9.17) is 16.2 Å². The fourth-order valence-corrected chi connectivity index (χ4v) is 2.52. The van der Waals surface area contributed by atoms with Crippen molar-refractivity contribution in [3.8, 4) is 0 Å². The normalized spacial score (nSPS) is 19.8. The third kappa shape index (κ3) is 2.90. The molecule has 0 aliphatic heterocycles. The van der Waals surface area contributed by atoms with E-state index in [1.165, 1.54) is 6.08 Å². The predicted molar refractivity (Wildman–Crippen MR) is 68.1 cm³/mol. The van der Waals surface area contributed by atoms with E-state index >= 15 is 0 Å². The Morgan fingerprint density at radius 1 is 1.39 bits per heavy atom. The number of halogens is 1. The van der Waals surface area contributed by atoms with Crippen LogP contribution in [0.1, 0.15) is 6.42 Å². The van der Waals surface area contributed by atoms with Crippen LogP contribution in [0.5, 0.6) is 0 Å². The molecule has 1 aromatic carbocycles. The first-order valence-electron chi connectivity index (χ1n) is 5.10. The van der Waals surface area contributed by atoms with Gasteiger partial charge in [-0.3, -0.25) is 9.35 Å². The number of ketones is 1. The van der Waals surface area contributed by atoms with Gasteiger partial charge in [-0.25, -0.2) is 0 Å². The van der Waals surface area contributed by atoms with Gasteiger partial charge in [-0.2, -0.15) is 8.42 Å². The van der Waals surface area contributed by atoms with Gasteiger partial charge in [-0.05, 0) is 24.3 Å². The van der Waals surface area contributed by atoms with Crippen LogP contribution in [0.15, 0.2) is 36.0 Å². The maximum atomic E-state index is 11.6. The minimum absolute atomic E-state index is 0.153. The summed E-state index contributed by atoms with van der Waals surface area (Å²) in [5.74, 6) is -0.363. The van der Waals surface area contributed by atoms with Crippen LogP contribution in [-0.4, -0.2) is 24.0 Å². The molecule has 96 valence electrons. The Bertz CT molecular complexity index is 624. The van der Waals surface area contributed by atoms with E-state index in [0.29, 0.717) is 10.7 Å². The Balaban J connectivity index is 2.22. The van der Waals surface area contributed by atoms with Crippen molar-refractivity contribution in [2.45, 2.75) is 11.7 Å². The molecule has 1 aliphatic carbocycles. The molecule has 18 heavy (non-hydrogen) atoms. The highest BCUT2D eigenvalue weighted by Gasteiger charge is 2.32. The van der Waals surface area contributed by atoms with Gasteiger partial charge >= 0.3 is 0 Å². The Morgan fingerprint density at radius 2 is 2.11 bits per heavy atom. The summed E-state index contributed by atoms with van der Waals surface area (Å²) in [6, 6.07) is 6.68. The van der Waals surface area contributed by atoms with Crippen molar-refractivity contribution in [1.29, 1.82) is 0 Å². The van der Waals surface area contributed by atoms with Gasteiger partial charge in [0.1, 0.15) is 5.25 Å². The number of hydrogen-bond donors (Lipinski definition) is 2. The second-order valence-electron chi connectivity index (χ2n) is 3.90. The predicted octanol–water partition coefficient (Wildman–Crippen LogP) is 1.86. The lowest BCUT2D eigenvalue weighted by Gasteiger charge is -2.05. The van der Waals surface area contributed by atoms with E-state index in [0.717, 1.165) is 0 Å². The van der Waals surface area contributed by atoms with E-state index in [9.17, 15) is 13.2 Å². The molecule has 1 atom stereocenters. The molecule has 1 aromatic rings. The number of nitrogens with one attached hydrogen (secondary N) is 1. The van der Waals surface area contributed by atoms with Crippen LogP contribution in [0, 0.1) is 0 Å². The summed E-state index contributed by atoms with van der Waals surface area (Å²) >= 11 is 5.79. The van der Waals surface area contributed by atoms with E-state index < -0.39 is 15.4 Å². The van der Waals surface area contributed by atoms with E-state index in [2.05, 4.69) is 5.32 Å². The lowest BCUT2D eigenvalue weighted by molar-refractivity contribution is -0.114. The molecule has 0 saturated heterocycles. The molecule has 2 N–H and O–H groups in total. The zero-order valence-electron chi connectivity index (χ0n) is 9.13. The van der Waals surface area contributed by atoms with Crippen LogP contribution in [-0.2, 0) is 14.9 Å². The highest BCUT2D eigenvalue weighted by atomic mass is 35.5. The molecular formula is C11H10ClNO4S. The molecule has 0 unspecified atom stereocenters. The van der Waals surface area contributed by atoms with Crippen molar-refractivity contribution in [1.82, 2.24) is 0 Å². The van der Waals surface area contributed by atoms with Gasteiger partial charge in [0.15, 0.2) is 5.78 Å². The zero-order valence-corrected chi connectivity index (χ0v) is 10.7. The largest absolute Gasteiger partial charge is 0.353 e. The second kappa shape index (κ2) is 4.72. The SMILES string of the molecule is O=C1C[C@@H](S(=O)(=O)O)C=C1Nc1cccc(Cl)c1. The third-order valence-corrected chi connectivity index (χ3v) is 3.83. The number of Topliss-reactive ketones (excluding diaryl/α,β-unsaturated/α-hetero) is 1. The molecular weight excluding hydrogens is 278 g/mol. The first kappa shape index (κ1) is 13.1. The molecule has 7 heteroatoms. The fraction of sp³-hybridized carbons (Fsp3) is 0.182. The van der Waals surface area contributed by atoms with Crippen LogP contribution in [0.4, 0.5) is 5.69 Å². The van der Waals surface area contributed by atoms with Gasteiger partial charge in [-0.15, -0.1) is 0 Å². The van der Waals surface area contributed by atoms with Crippen LogP contribution in [0.3, 0.4) is 0 Å². The molecule has 0 amide bonds. The third-order valence-electron chi connectivity index (χ3n) is 2.53. The first-order valence-corrected chi connectivity index (χ1v) is 6.98. The molecule has 0 spiro atoms. The maximum Gasteiger partial charge on any atom is 0.271 e. The van der Waals surface area contributed by atoms with Gasteiger partial charge in [0, 0.05) is 17.1 Å². The minimum Gasteiger partial charge on any atom is -0.353 e. The summed E-state index contributed by atoms with van der Waals surface area (Å²) in [4.78, 5) is 11.6. The first-order chi connectivity index (χ1) is 8.36.